The Bertz CT molecular complexity index is 454. The van der Waals surface area contributed by atoms with Crippen LogP contribution in [-0.4, -0.2) is 39.6 Å². The van der Waals surface area contributed by atoms with Crippen LogP contribution in [0.25, 0.3) is 0 Å². The Morgan fingerprint density at radius 2 is 2.00 bits per heavy atom. The monoisotopic (exact) mass is 274 g/mol. The van der Waals surface area contributed by atoms with E-state index in [1.165, 1.54) is 0 Å². The van der Waals surface area contributed by atoms with Crippen molar-refractivity contribution in [3.05, 3.63) is 11.8 Å². The first-order valence-electron chi connectivity index (χ1n) is 4.39. The predicted octanol–water partition coefficient (Wildman–Crippen LogP) is 1.69. The van der Waals surface area contributed by atoms with E-state index < -0.39 is 36.2 Å². The maximum atomic E-state index is 12.5. The van der Waals surface area contributed by atoms with E-state index in [0.717, 1.165) is 17.8 Å². The quantitative estimate of drug-likeness (QED) is 0.849. The Labute approximate surface area is 96.8 Å². The lowest BCUT2D eigenvalue weighted by molar-refractivity contribution is -0.290. The molecular formula is C8H7F5N2O3. The summed E-state index contributed by atoms with van der Waals surface area (Å²) in [5.41, 5.74) is -0.525. The maximum absolute atomic E-state index is 12.5. The van der Waals surface area contributed by atoms with Gasteiger partial charge in [0.15, 0.2) is 12.3 Å². The molecule has 1 rings (SSSR count). The summed E-state index contributed by atoms with van der Waals surface area (Å²) in [5, 5.41) is 11.9. The van der Waals surface area contributed by atoms with Crippen LogP contribution in [0.5, 0.6) is 5.88 Å². The van der Waals surface area contributed by atoms with Gasteiger partial charge in [-0.1, -0.05) is 0 Å². The third kappa shape index (κ3) is 2.87. The fourth-order valence-corrected chi connectivity index (χ4v) is 0.936. The van der Waals surface area contributed by atoms with Crippen LogP contribution in [0.3, 0.4) is 0 Å². The molecule has 10 heteroatoms. The number of hydrogen-bond donors (Lipinski definition) is 1. The van der Waals surface area contributed by atoms with Gasteiger partial charge in [-0.15, -0.1) is 0 Å². The molecular weight excluding hydrogens is 267 g/mol. The number of carbonyl (C=O) groups is 1. The molecule has 0 aromatic carbocycles. The van der Waals surface area contributed by atoms with Crippen LogP contribution in [0.2, 0.25) is 0 Å². The molecule has 5 nitrogen and oxygen atoms in total. The van der Waals surface area contributed by atoms with Gasteiger partial charge in [0.1, 0.15) is 0 Å². The molecule has 1 aromatic heterocycles. The van der Waals surface area contributed by atoms with Crippen LogP contribution in [0.15, 0.2) is 6.07 Å². The third-order valence-electron chi connectivity index (χ3n) is 1.87. The summed E-state index contributed by atoms with van der Waals surface area (Å²) in [7, 11) is 1.15. The molecule has 0 spiro atoms. The number of ether oxygens (including phenoxy) is 1. The van der Waals surface area contributed by atoms with E-state index in [2.05, 4.69) is 9.84 Å². The van der Waals surface area contributed by atoms with Crippen molar-refractivity contribution in [1.82, 2.24) is 9.78 Å². The van der Waals surface area contributed by atoms with Gasteiger partial charge in [0.05, 0.1) is 0 Å². The fraction of sp³-hybridized carbons (Fsp3) is 0.500. The smallest absolute Gasteiger partial charge is 0.456 e. The zero-order valence-electron chi connectivity index (χ0n) is 8.83. The van der Waals surface area contributed by atoms with Crippen molar-refractivity contribution < 1.29 is 36.6 Å². The second kappa shape index (κ2) is 4.42. The Balaban J connectivity index is 2.78. The van der Waals surface area contributed by atoms with Gasteiger partial charge in [-0.05, 0) is 0 Å². The van der Waals surface area contributed by atoms with Crippen LogP contribution >= 0.6 is 0 Å². The van der Waals surface area contributed by atoms with Gasteiger partial charge in [-0.25, -0.2) is 9.48 Å². The van der Waals surface area contributed by atoms with E-state index in [9.17, 15) is 26.7 Å². The summed E-state index contributed by atoms with van der Waals surface area (Å²) in [6, 6.07) is 0.745. The van der Waals surface area contributed by atoms with Crippen molar-refractivity contribution in [3.8, 4) is 5.88 Å². The van der Waals surface area contributed by atoms with E-state index in [-0.39, 0.29) is 0 Å². The zero-order chi connectivity index (χ0) is 14.1. The van der Waals surface area contributed by atoms with Crippen molar-refractivity contribution in [3.63, 3.8) is 0 Å². The minimum atomic E-state index is -5.73. The van der Waals surface area contributed by atoms with Crippen molar-refractivity contribution >= 4 is 5.97 Å². The summed E-state index contributed by atoms with van der Waals surface area (Å²) in [4.78, 5) is 10.5. The second-order valence-electron chi connectivity index (χ2n) is 3.29. The largest absolute Gasteiger partial charge is 0.476 e. The molecule has 0 saturated carbocycles. The van der Waals surface area contributed by atoms with Gasteiger partial charge in [0, 0.05) is 13.1 Å². The molecule has 0 aliphatic rings. The molecule has 0 saturated heterocycles. The number of aromatic carboxylic acids is 1. The molecule has 18 heavy (non-hydrogen) atoms. The van der Waals surface area contributed by atoms with Crippen molar-refractivity contribution in [2.45, 2.75) is 12.1 Å². The highest BCUT2D eigenvalue weighted by molar-refractivity contribution is 5.85. The summed E-state index contributed by atoms with van der Waals surface area (Å²) >= 11 is 0. The number of nitrogens with zero attached hydrogens (tertiary/aromatic N) is 2. The summed E-state index contributed by atoms with van der Waals surface area (Å²) < 4.78 is 65.5. The Hall–Kier alpha value is -1.87. The summed E-state index contributed by atoms with van der Waals surface area (Å²) in [6.07, 6.45) is -5.73. The molecule has 0 atom stereocenters. The minimum Gasteiger partial charge on any atom is -0.476 e. The number of alkyl halides is 5. The highest BCUT2D eigenvalue weighted by Gasteiger charge is 2.58. The number of hydrogen-bond acceptors (Lipinski definition) is 3. The van der Waals surface area contributed by atoms with Crippen LogP contribution in [0.1, 0.15) is 10.5 Å². The fourth-order valence-electron chi connectivity index (χ4n) is 0.936. The van der Waals surface area contributed by atoms with Gasteiger partial charge in [-0.2, -0.15) is 27.1 Å². The maximum Gasteiger partial charge on any atom is 0.456 e. The van der Waals surface area contributed by atoms with Gasteiger partial charge in [-0.3, -0.25) is 0 Å². The molecule has 102 valence electrons. The molecule has 0 bridgehead atoms. The number of aryl methyl sites for hydroxylation is 1. The zero-order valence-corrected chi connectivity index (χ0v) is 8.83. The molecule has 1 heterocycles. The molecule has 1 aromatic rings. The number of carboxylic acid groups (broad SMARTS) is 1. The first kappa shape index (κ1) is 14.2. The Morgan fingerprint density at radius 3 is 2.39 bits per heavy atom. The lowest BCUT2D eigenvalue weighted by Gasteiger charge is -2.19. The Morgan fingerprint density at radius 1 is 1.44 bits per heavy atom. The van der Waals surface area contributed by atoms with Crippen LogP contribution in [0, 0.1) is 0 Å². The number of rotatable bonds is 4. The Kier molecular flexibility index (Phi) is 3.49. The average Bonchev–Trinajstić information content (AvgIpc) is 2.55. The first-order chi connectivity index (χ1) is 8.04. The molecule has 0 radical (unpaired) electrons. The summed E-state index contributed by atoms with van der Waals surface area (Å²) in [6.45, 7) is -1.95. The van der Waals surface area contributed by atoms with Gasteiger partial charge in [0.25, 0.3) is 0 Å². The second-order valence-corrected chi connectivity index (χ2v) is 3.29. The van der Waals surface area contributed by atoms with Crippen LogP contribution in [0.4, 0.5) is 22.0 Å². The highest BCUT2D eigenvalue weighted by atomic mass is 19.4. The molecule has 0 aliphatic carbocycles. The molecule has 0 amide bonds. The van der Waals surface area contributed by atoms with Gasteiger partial charge in [0.2, 0.25) is 5.88 Å². The van der Waals surface area contributed by atoms with E-state index >= 15 is 0 Å². The van der Waals surface area contributed by atoms with Gasteiger partial charge < -0.3 is 9.84 Å². The van der Waals surface area contributed by atoms with Crippen molar-refractivity contribution in [2.75, 3.05) is 6.61 Å². The normalized spacial score (nSPS) is 12.6. The van der Waals surface area contributed by atoms with Gasteiger partial charge >= 0.3 is 18.1 Å². The first-order valence-corrected chi connectivity index (χ1v) is 4.39. The van der Waals surface area contributed by atoms with Crippen molar-refractivity contribution in [1.29, 1.82) is 0 Å². The minimum absolute atomic E-state index is 0.503. The standard InChI is InChI=1S/C8H7F5N2O3/c1-15-5(2-4(14-15)6(16)17)18-3-7(9,10)8(11,12)13/h2H,3H2,1H3,(H,16,17). The van der Waals surface area contributed by atoms with E-state index in [1.807, 2.05) is 0 Å². The topological polar surface area (TPSA) is 64.4 Å². The lowest BCUT2D eigenvalue weighted by Crippen LogP contribution is -2.42. The number of carboxylic acids is 1. The molecule has 0 aliphatic heterocycles. The third-order valence-corrected chi connectivity index (χ3v) is 1.87. The van der Waals surface area contributed by atoms with E-state index in [1.54, 1.807) is 0 Å². The number of halogens is 5. The molecule has 0 fully saturated rings. The number of aromatic nitrogens is 2. The predicted molar refractivity (Wildman–Crippen MR) is 46.7 cm³/mol. The van der Waals surface area contributed by atoms with Crippen LogP contribution in [-0.2, 0) is 7.05 Å². The molecule has 1 N–H and O–H groups in total. The van der Waals surface area contributed by atoms with E-state index in [4.69, 9.17) is 5.11 Å². The highest BCUT2D eigenvalue weighted by Crippen LogP contribution is 2.35. The summed E-state index contributed by atoms with van der Waals surface area (Å²) in [5.74, 6) is -6.99. The molecule has 0 unspecified atom stereocenters. The SMILES string of the molecule is Cn1nc(C(=O)O)cc1OCC(F)(F)C(F)(F)F. The van der Waals surface area contributed by atoms with Crippen molar-refractivity contribution in [2.24, 2.45) is 7.05 Å². The lowest BCUT2D eigenvalue weighted by atomic mass is 10.3. The van der Waals surface area contributed by atoms with E-state index in [0.29, 0.717) is 0 Å². The van der Waals surface area contributed by atoms with Crippen LogP contribution < -0.4 is 4.74 Å². The average molecular weight is 274 g/mol.